The highest BCUT2D eigenvalue weighted by atomic mass is 19.3. The van der Waals surface area contributed by atoms with Crippen LogP contribution in [0.3, 0.4) is 0 Å². The summed E-state index contributed by atoms with van der Waals surface area (Å²) in [7, 11) is 1.22. The van der Waals surface area contributed by atoms with E-state index in [1.165, 1.54) is 19.4 Å². The van der Waals surface area contributed by atoms with Crippen LogP contribution in [-0.2, 0) is 16.0 Å². The monoisotopic (exact) mass is 215 g/mol. The molecular formula is C10H11F2NO2. The predicted molar refractivity (Wildman–Crippen MR) is 49.7 cm³/mol. The van der Waals surface area contributed by atoms with Crippen molar-refractivity contribution in [3.63, 3.8) is 0 Å². The van der Waals surface area contributed by atoms with Gasteiger partial charge in [-0.3, -0.25) is 9.78 Å². The van der Waals surface area contributed by atoms with Crippen molar-refractivity contribution in [1.82, 2.24) is 4.98 Å². The van der Waals surface area contributed by atoms with E-state index >= 15 is 0 Å². The number of aryl methyl sites for hydroxylation is 1. The molecule has 15 heavy (non-hydrogen) atoms. The average molecular weight is 215 g/mol. The van der Waals surface area contributed by atoms with Gasteiger partial charge in [-0.15, -0.1) is 0 Å². The van der Waals surface area contributed by atoms with Crippen molar-refractivity contribution in [2.75, 3.05) is 7.11 Å². The van der Waals surface area contributed by atoms with Gasteiger partial charge in [-0.2, -0.15) is 0 Å². The second-order valence-corrected chi connectivity index (χ2v) is 3.02. The van der Waals surface area contributed by atoms with Crippen LogP contribution in [0.25, 0.3) is 0 Å². The number of nitrogens with zero attached hydrogens (tertiary/aromatic N) is 1. The van der Waals surface area contributed by atoms with Crippen LogP contribution in [0.5, 0.6) is 0 Å². The molecule has 0 aromatic carbocycles. The quantitative estimate of drug-likeness (QED) is 0.724. The molecule has 0 N–H and O–H groups in total. The van der Waals surface area contributed by atoms with Crippen LogP contribution in [0.15, 0.2) is 12.3 Å². The van der Waals surface area contributed by atoms with Crippen LogP contribution >= 0.6 is 0 Å². The molecule has 1 aromatic heterocycles. The van der Waals surface area contributed by atoms with Gasteiger partial charge in [0.1, 0.15) is 0 Å². The van der Waals surface area contributed by atoms with Crippen molar-refractivity contribution in [2.24, 2.45) is 0 Å². The minimum atomic E-state index is -2.61. The second-order valence-electron chi connectivity index (χ2n) is 3.02. The van der Waals surface area contributed by atoms with Crippen molar-refractivity contribution < 1.29 is 18.3 Å². The van der Waals surface area contributed by atoms with Crippen LogP contribution in [0.1, 0.15) is 23.2 Å². The summed E-state index contributed by atoms with van der Waals surface area (Å²) in [5, 5.41) is 0. The Morgan fingerprint density at radius 2 is 2.27 bits per heavy atom. The Hall–Kier alpha value is -1.52. The first-order valence-corrected chi connectivity index (χ1v) is 4.35. The van der Waals surface area contributed by atoms with Gasteiger partial charge >= 0.3 is 5.97 Å². The number of esters is 1. The van der Waals surface area contributed by atoms with Gasteiger partial charge in [-0.1, -0.05) is 0 Å². The first-order valence-electron chi connectivity index (χ1n) is 4.35. The number of ether oxygens (including phenoxy) is 1. The summed E-state index contributed by atoms with van der Waals surface area (Å²) in [6, 6.07) is 1.22. The molecule has 0 spiro atoms. The van der Waals surface area contributed by atoms with E-state index in [1.807, 2.05) is 0 Å². The Bertz CT molecular complexity index is 366. The molecule has 3 nitrogen and oxygen atoms in total. The zero-order chi connectivity index (χ0) is 11.4. The Labute approximate surface area is 86.1 Å². The van der Waals surface area contributed by atoms with Crippen molar-refractivity contribution in [2.45, 2.75) is 19.8 Å². The molecule has 0 radical (unpaired) electrons. The highest BCUT2D eigenvalue weighted by molar-refractivity contribution is 5.73. The third kappa shape index (κ3) is 2.71. The van der Waals surface area contributed by atoms with Crippen LogP contribution in [-0.4, -0.2) is 18.1 Å². The highest BCUT2D eigenvalue weighted by Crippen LogP contribution is 2.24. The molecular weight excluding hydrogens is 204 g/mol. The molecule has 1 heterocycles. The van der Waals surface area contributed by atoms with E-state index in [-0.39, 0.29) is 17.5 Å². The molecule has 0 bridgehead atoms. The summed E-state index contributed by atoms with van der Waals surface area (Å²) in [4.78, 5) is 14.9. The SMILES string of the molecule is COC(=O)Cc1c(C(F)F)ccnc1C. The number of alkyl halides is 2. The molecule has 1 rings (SSSR count). The zero-order valence-electron chi connectivity index (χ0n) is 8.46. The third-order valence-corrected chi connectivity index (χ3v) is 2.09. The van der Waals surface area contributed by atoms with Gasteiger partial charge in [0.15, 0.2) is 0 Å². The summed E-state index contributed by atoms with van der Waals surface area (Å²) in [5.74, 6) is -0.548. The number of methoxy groups -OCH3 is 1. The third-order valence-electron chi connectivity index (χ3n) is 2.09. The van der Waals surface area contributed by atoms with E-state index in [2.05, 4.69) is 9.72 Å². The van der Waals surface area contributed by atoms with Gasteiger partial charge < -0.3 is 4.74 Å². The fraction of sp³-hybridized carbons (Fsp3) is 0.400. The molecule has 0 aliphatic heterocycles. The van der Waals surface area contributed by atoms with Gasteiger partial charge in [-0.25, -0.2) is 8.78 Å². The predicted octanol–water partition coefficient (Wildman–Crippen LogP) is 2.04. The number of pyridine rings is 1. The topological polar surface area (TPSA) is 39.2 Å². The molecule has 0 saturated heterocycles. The van der Waals surface area contributed by atoms with Crippen LogP contribution in [0.2, 0.25) is 0 Å². The van der Waals surface area contributed by atoms with Gasteiger partial charge in [0.05, 0.1) is 13.5 Å². The number of carbonyl (C=O) groups excluding carboxylic acids is 1. The maximum Gasteiger partial charge on any atom is 0.310 e. The van der Waals surface area contributed by atoms with E-state index in [0.29, 0.717) is 5.69 Å². The normalized spacial score (nSPS) is 10.5. The van der Waals surface area contributed by atoms with Crippen LogP contribution in [0.4, 0.5) is 8.78 Å². The van der Waals surface area contributed by atoms with Crippen molar-refractivity contribution in [1.29, 1.82) is 0 Å². The fourth-order valence-electron chi connectivity index (χ4n) is 1.27. The second kappa shape index (κ2) is 4.82. The molecule has 1 aromatic rings. The van der Waals surface area contributed by atoms with Crippen molar-refractivity contribution >= 4 is 5.97 Å². The Morgan fingerprint density at radius 1 is 1.60 bits per heavy atom. The highest BCUT2D eigenvalue weighted by Gasteiger charge is 2.17. The summed E-state index contributed by atoms with van der Waals surface area (Å²) in [6.45, 7) is 1.59. The van der Waals surface area contributed by atoms with Crippen molar-refractivity contribution in [3.05, 3.63) is 29.1 Å². The van der Waals surface area contributed by atoms with E-state index < -0.39 is 12.4 Å². The maximum absolute atomic E-state index is 12.6. The first kappa shape index (κ1) is 11.6. The summed E-state index contributed by atoms with van der Waals surface area (Å²) >= 11 is 0. The van der Waals surface area contributed by atoms with Crippen LogP contribution in [0, 0.1) is 6.92 Å². The number of aromatic nitrogens is 1. The largest absolute Gasteiger partial charge is 0.469 e. The minimum Gasteiger partial charge on any atom is -0.469 e. The molecule has 0 aliphatic carbocycles. The number of rotatable bonds is 3. The van der Waals surface area contributed by atoms with E-state index in [4.69, 9.17) is 0 Å². The molecule has 0 atom stereocenters. The standard InChI is InChI=1S/C10H11F2NO2/c1-6-8(5-9(14)15-2)7(10(11)12)3-4-13-6/h3-4,10H,5H2,1-2H3. The number of halogens is 2. The number of carbonyl (C=O) groups is 1. The van der Waals surface area contributed by atoms with E-state index in [9.17, 15) is 13.6 Å². The average Bonchev–Trinajstić information content (AvgIpc) is 2.20. The molecule has 0 amide bonds. The summed E-state index contributed by atoms with van der Waals surface area (Å²) in [5.41, 5.74) is 0.519. The van der Waals surface area contributed by atoms with E-state index in [1.54, 1.807) is 6.92 Å². The molecule has 5 heteroatoms. The molecule has 0 unspecified atom stereocenters. The Kier molecular flexibility index (Phi) is 3.71. The van der Waals surface area contributed by atoms with Crippen LogP contribution < -0.4 is 0 Å². The lowest BCUT2D eigenvalue weighted by Gasteiger charge is -2.09. The first-order chi connectivity index (χ1) is 7.06. The molecule has 0 aliphatic rings. The minimum absolute atomic E-state index is 0.159. The lowest BCUT2D eigenvalue weighted by molar-refractivity contribution is -0.139. The van der Waals surface area contributed by atoms with Gasteiger partial charge in [-0.05, 0) is 18.6 Å². The van der Waals surface area contributed by atoms with Gasteiger partial charge in [0.2, 0.25) is 0 Å². The molecule has 0 saturated carbocycles. The van der Waals surface area contributed by atoms with Crippen molar-refractivity contribution in [3.8, 4) is 0 Å². The summed E-state index contributed by atoms with van der Waals surface area (Å²) in [6.07, 6.45) is -1.47. The lowest BCUT2D eigenvalue weighted by Crippen LogP contribution is -2.09. The Morgan fingerprint density at radius 3 is 2.80 bits per heavy atom. The summed E-state index contributed by atoms with van der Waals surface area (Å²) < 4.78 is 29.6. The smallest absolute Gasteiger partial charge is 0.310 e. The van der Waals surface area contributed by atoms with Gasteiger partial charge in [0.25, 0.3) is 6.43 Å². The number of hydrogen-bond donors (Lipinski definition) is 0. The van der Waals surface area contributed by atoms with E-state index in [0.717, 1.165) is 0 Å². The fourth-order valence-corrected chi connectivity index (χ4v) is 1.27. The molecule has 0 fully saturated rings. The number of hydrogen-bond acceptors (Lipinski definition) is 3. The maximum atomic E-state index is 12.6. The lowest BCUT2D eigenvalue weighted by atomic mass is 10.0. The van der Waals surface area contributed by atoms with Gasteiger partial charge in [0, 0.05) is 17.5 Å². The molecule has 82 valence electrons. The zero-order valence-corrected chi connectivity index (χ0v) is 8.46. The Balaban J connectivity index is 3.07.